The van der Waals surface area contributed by atoms with Crippen LogP contribution in [0.25, 0.3) is 0 Å². The van der Waals surface area contributed by atoms with Crippen LogP contribution in [0, 0.1) is 0 Å². The van der Waals surface area contributed by atoms with Crippen molar-refractivity contribution in [3.63, 3.8) is 0 Å². The topological polar surface area (TPSA) is 69.7 Å². The summed E-state index contributed by atoms with van der Waals surface area (Å²) in [4.78, 5) is 16.3. The molecule has 1 N–H and O–H groups in total. The van der Waals surface area contributed by atoms with E-state index in [1.807, 2.05) is 7.05 Å². The van der Waals surface area contributed by atoms with Crippen molar-refractivity contribution in [3.8, 4) is 0 Å². The quantitative estimate of drug-likeness (QED) is 0.879. The second kappa shape index (κ2) is 5.80. The Morgan fingerprint density at radius 1 is 1.20 bits per heavy atom. The van der Waals surface area contributed by atoms with Gasteiger partial charge in [0.05, 0.1) is 6.26 Å². The van der Waals surface area contributed by atoms with E-state index >= 15 is 0 Å². The Morgan fingerprint density at radius 3 is 2.45 bits per heavy atom. The maximum absolute atomic E-state index is 12.4. The van der Waals surface area contributed by atoms with Gasteiger partial charge in [0, 0.05) is 37.4 Å². The summed E-state index contributed by atoms with van der Waals surface area (Å²) >= 11 is 0. The van der Waals surface area contributed by atoms with Gasteiger partial charge in [-0.2, -0.15) is 0 Å². The highest BCUT2D eigenvalue weighted by Crippen LogP contribution is 2.14. The number of carbonyl (C=O) groups excluding carboxylic acids is 1. The molecule has 0 saturated carbocycles. The van der Waals surface area contributed by atoms with Crippen LogP contribution in [-0.4, -0.2) is 63.6 Å². The minimum Gasteiger partial charge on any atom is -0.336 e. The maximum atomic E-state index is 12.4. The maximum Gasteiger partial charge on any atom is 0.254 e. The molecule has 1 saturated heterocycles. The van der Waals surface area contributed by atoms with Gasteiger partial charge in [0.2, 0.25) is 10.0 Å². The van der Waals surface area contributed by atoms with Crippen LogP contribution in [0.15, 0.2) is 24.3 Å². The van der Waals surface area contributed by atoms with Gasteiger partial charge in [-0.1, -0.05) is 6.07 Å². The molecule has 2 rings (SSSR count). The summed E-state index contributed by atoms with van der Waals surface area (Å²) in [5.41, 5.74) is 0.913. The van der Waals surface area contributed by atoms with E-state index < -0.39 is 10.0 Å². The van der Waals surface area contributed by atoms with Crippen LogP contribution < -0.4 is 4.72 Å². The summed E-state index contributed by atoms with van der Waals surface area (Å²) in [6.45, 7) is 3.10. The molecule has 6 nitrogen and oxygen atoms in total. The number of sulfonamides is 1. The number of benzene rings is 1. The molecule has 7 heteroatoms. The number of hydrogen-bond donors (Lipinski definition) is 1. The first-order valence-corrected chi connectivity index (χ1v) is 8.30. The first kappa shape index (κ1) is 14.8. The Morgan fingerprint density at radius 2 is 1.85 bits per heavy atom. The van der Waals surface area contributed by atoms with Crippen molar-refractivity contribution in [1.82, 2.24) is 9.80 Å². The fraction of sp³-hybridized carbons (Fsp3) is 0.462. The van der Waals surface area contributed by atoms with Crippen molar-refractivity contribution < 1.29 is 13.2 Å². The molecule has 0 spiro atoms. The zero-order valence-electron chi connectivity index (χ0n) is 11.7. The lowest BCUT2D eigenvalue weighted by atomic mass is 10.1. The van der Waals surface area contributed by atoms with Gasteiger partial charge in [-0.25, -0.2) is 8.42 Å². The van der Waals surface area contributed by atoms with Gasteiger partial charge in [0.25, 0.3) is 5.91 Å². The highest BCUT2D eigenvalue weighted by molar-refractivity contribution is 7.92. The Bertz CT molecular complexity index is 593. The lowest BCUT2D eigenvalue weighted by Crippen LogP contribution is -2.47. The Kier molecular flexibility index (Phi) is 4.29. The number of nitrogens with zero attached hydrogens (tertiary/aromatic N) is 2. The molecule has 110 valence electrons. The molecule has 1 amide bonds. The molecule has 0 bridgehead atoms. The zero-order valence-corrected chi connectivity index (χ0v) is 12.5. The molecule has 1 aliphatic heterocycles. The van der Waals surface area contributed by atoms with Crippen LogP contribution in [0.4, 0.5) is 5.69 Å². The molecule has 0 radical (unpaired) electrons. The van der Waals surface area contributed by atoms with Crippen LogP contribution in [0.2, 0.25) is 0 Å². The summed E-state index contributed by atoms with van der Waals surface area (Å²) in [5.74, 6) is -0.0600. The number of hydrogen-bond acceptors (Lipinski definition) is 4. The van der Waals surface area contributed by atoms with Crippen molar-refractivity contribution in [2.45, 2.75) is 0 Å². The Balaban J connectivity index is 2.12. The van der Waals surface area contributed by atoms with Crippen LogP contribution in [0.5, 0.6) is 0 Å². The summed E-state index contributed by atoms with van der Waals surface area (Å²) in [7, 11) is -1.31. The first-order valence-electron chi connectivity index (χ1n) is 6.41. The van der Waals surface area contributed by atoms with Gasteiger partial charge in [-0.05, 0) is 25.2 Å². The second-order valence-corrected chi connectivity index (χ2v) is 6.80. The summed E-state index contributed by atoms with van der Waals surface area (Å²) in [5, 5.41) is 0. The smallest absolute Gasteiger partial charge is 0.254 e. The van der Waals surface area contributed by atoms with E-state index in [1.54, 1.807) is 29.2 Å². The van der Waals surface area contributed by atoms with E-state index in [-0.39, 0.29) is 5.91 Å². The molecule has 1 fully saturated rings. The average Bonchev–Trinajstić information content (AvgIpc) is 2.37. The van der Waals surface area contributed by atoms with Crippen molar-refractivity contribution >= 4 is 21.6 Å². The van der Waals surface area contributed by atoms with Crippen LogP contribution in [0.1, 0.15) is 10.4 Å². The molecule has 20 heavy (non-hydrogen) atoms. The minimum atomic E-state index is -3.33. The summed E-state index contributed by atoms with van der Waals surface area (Å²) in [6.07, 6.45) is 1.09. The van der Waals surface area contributed by atoms with E-state index in [2.05, 4.69) is 9.62 Å². The van der Waals surface area contributed by atoms with Gasteiger partial charge >= 0.3 is 0 Å². The summed E-state index contributed by atoms with van der Waals surface area (Å²) in [6, 6.07) is 6.58. The number of amides is 1. The van der Waals surface area contributed by atoms with E-state index in [4.69, 9.17) is 0 Å². The third-order valence-electron chi connectivity index (χ3n) is 3.20. The number of carbonyl (C=O) groups is 1. The van der Waals surface area contributed by atoms with Gasteiger partial charge < -0.3 is 9.80 Å². The van der Waals surface area contributed by atoms with Crippen molar-refractivity contribution in [2.24, 2.45) is 0 Å². The molecule has 1 aromatic rings. The van der Waals surface area contributed by atoms with Crippen LogP contribution in [-0.2, 0) is 10.0 Å². The monoisotopic (exact) mass is 297 g/mol. The fourth-order valence-corrected chi connectivity index (χ4v) is 2.68. The SMILES string of the molecule is CN1CCN(C(=O)c2cccc(NS(C)(=O)=O)c2)CC1. The summed E-state index contributed by atoms with van der Waals surface area (Å²) < 4.78 is 24.8. The Labute approximate surface area is 119 Å². The normalized spacial score (nSPS) is 17.0. The third kappa shape index (κ3) is 3.94. The Hall–Kier alpha value is -1.60. The number of anilines is 1. The van der Waals surface area contributed by atoms with Crippen molar-refractivity contribution in [2.75, 3.05) is 44.2 Å². The molecule has 1 aliphatic rings. The van der Waals surface area contributed by atoms with Gasteiger partial charge in [0.15, 0.2) is 0 Å². The van der Waals surface area contributed by atoms with Crippen LogP contribution >= 0.6 is 0 Å². The standard InChI is InChI=1S/C13H19N3O3S/c1-15-6-8-16(9-7-15)13(17)11-4-3-5-12(10-11)14-20(2,18)19/h3-5,10,14H,6-9H2,1-2H3. The zero-order chi connectivity index (χ0) is 14.8. The minimum absolute atomic E-state index is 0.0600. The molecular formula is C13H19N3O3S. The molecule has 0 atom stereocenters. The third-order valence-corrected chi connectivity index (χ3v) is 3.81. The predicted octanol–water partition coefficient (Wildman–Crippen LogP) is 0.446. The van der Waals surface area contributed by atoms with Crippen LogP contribution in [0.3, 0.4) is 0 Å². The molecule has 1 aromatic carbocycles. The van der Waals surface area contributed by atoms with Crippen molar-refractivity contribution in [3.05, 3.63) is 29.8 Å². The van der Waals surface area contributed by atoms with Crippen molar-refractivity contribution in [1.29, 1.82) is 0 Å². The number of rotatable bonds is 3. The van der Waals surface area contributed by atoms with E-state index in [0.717, 1.165) is 19.3 Å². The predicted molar refractivity (Wildman–Crippen MR) is 78.3 cm³/mol. The second-order valence-electron chi connectivity index (χ2n) is 5.05. The first-order chi connectivity index (χ1) is 9.35. The number of nitrogens with one attached hydrogen (secondary N) is 1. The fourth-order valence-electron chi connectivity index (χ4n) is 2.12. The van der Waals surface area contributed by atoms with Gasteiger partial charge in [-0.15, -0.1) is 0 Å². The molecule has 0 unspecified atom stereocenters. The largest absolute Gasteiger partial charge is 0.336 e. The van der Waals surface area contributed by atoms with E-state index in [9.17, 15) is 13.2 Å². The molecule has 0 aromatic heterocycles. The highest BCUT2D eigenvalue weighted by Gasteiger charge is 2.20. The molecule has 1 heterocycles. The van der Waals surface area contributed by atoms with Gasteiger partial charge in [0.1, 0.15) is 0 Å². The lowest BCUT2D eigenvalue weighted by Gasteiger charge is -2.32. The van der Waals surface area contributed by atoms with Gasteiger partial charge in [-0.3, -0.25) is 9.52 Å². The van der Waals surface area contributed by atoms with E-state index in [1.165, 1.54) is 0 Å². The number of likely N-dealkylation sites (N-methyl/N-ethyl adjacent to an activating group) is 1. The lowest BCUT2D eigenvalue weighted by molar-refractivity contribution is 0.0664. The highest BCUT2D eigenvalue weighted by atomic mass is 32.2. The van der Waals surface area contributed by atoms with E-state index in [0.29, 0.717) is 24.3 Å². The average molecular weight is 297 g/mol. The molecule has 0 aliphatic carbocycles. The molecular weight excluding hydrogens is 278 g/mol. The number of piperazine rings is 1.